The lowest BCUT2D eigenvalue weighted by molar-refractivity contribution is -0.120. The van der Waals surface area contributed by atoms with Gasteiger partial charge in [-0.15, -0.1) is 0 Å². The van der Waals surface area contributed by atoms with Crippen molar-refractivity contribution in [1.82, 2.24) is 0 Å². The van der Waals surface area contributed by atoms with Crippen LogP contribution in [0.2, 0.25) is 0 Å². The third-order valence-electron chi connectivity index (χ3n) is 4.05. The SMILES string of the molecule is COCCCc1ccccc1NC(=O)C1CCCCC1. The molecule has 1 saturated carbocycles. The van der Waals surface area contributed by atoms with E-state index < -0.39 is 0 Å². The van der Waals surface area contributed by atoms with Crippen LogP contribution in [-0.4, -0.2) is 19.6 Å². The third-order valence-corrected chi connectivity index (χ3v) is 4.05. The molecule has 0 spiro atoms. The van der Waals surface area contributed by atoms with Crippen molar-refractivity contribution in [3.05, 3.63) is 29.8 Å². The lowest BCUT2D eigenvalue weighted by Gasteiger charge is -2.21. The van der Waals surface area contributed by atoms with Gasteiger partial charge in [0.1, 0.15) is 0 Å². The zero-order valence-electron chi connectivity index (χ0n) is 12.4. The van der Waals surface area contributed by atoms with Crippen molar-refractivity contribution in [2.24, 2.45) is 5.92 Å². The molecule has 3 heteroatoms. The Kier molecular flexibility index (Phi) is 6.06. The summed E-state index contributed by atoms with van der Waals surface area (Å²) < 4.78 is 5.09. The number of hydrogen-bond acceptors (Lipinski definition) is 2. The van der Waals surface area contributed by atoms with Crippen LogP contribution in [0.5, 0.6) is 0 Å². The molecule has 0 bridgehead atoms. The Balaban J connectivity index is 1.95. The van der Waals surface area contributed by atoms with Gasteiger partial charge in [0.2, 0.25) is 5.91 Å². The first-order valence-corrected chi connectivity index (χ1v) is 7.69. The summed E-state index contributed by atoms with van der Waals surface area (Å²) in [4.78, 5) is 12.3. The van der Waals surface area contributed by atoms with Crippen molar-refractivity contribution in [3.63, 3.8) is 0 Å². The average Bonchev–Trinajstić information content (AvgIpc) is 2.50. The summed E-state index contributed by atoms with van der Waals surface area (Å²) >= 11 is 0. The van der Waals surface area contributed by atoms with Crippen LogP contribution in [-0.2, 0) is 16.0 Å². The van der Waals surface area contributed by atoms with Crippen molar-refractivity contribution >= 4 is 11.6 Å². The molecule has 110 valence electrons. The molecular weight excluding hydrogens is 250 g/mol. The zero-order chi connectivity index (χ0) is 14.2. The minimum Gasteiger partial charge on any atom is -0.385 e. The number of nitrogens with one attached hydrogen (secondary N) is 1. The molecule has 1 amide bonds. The van der Waals surface area contributed by atoms with E-state index in [0.29, 0.717) is 0 Å². The summed E-state index contributed by atoms with van der Waals surface area (Å²) in [6, 6.07) is 8.10. The molecule has 1 fully saturated rings. The molecular formula is C17H25NO2. The van der Waals surface area contributed by atoms with Gasteiger partial charge in [0.05, 0.1) is 0 Å². The van der Waals surface area contributed by atoms with Gasteiger partial charge in [-0.3, -0.25) is 4.79 Å². The molecule has 1 aromatic rings. The largest absolute Gasteiger partial charge is 0.385 e. The number of benzene rings is 1. The number of carbonyl (C=O) groups is 1. The van der Waals surface area contributed by atoms with Gasteiger partial charge < -0.3 is 10.1 Å². The Labute approximate surface area is 121 Å². The molecule has 1 aromatic carbocycles. The molecule has 1 aliphatic carbocycles. The van der Waals surface area contributed by atoms with Crippen LogP contribution < -0.4 is 5.32 Å². The van der Waals surface area contributed by atoms with Gasteiger partial charge in [-0.2, -0.15) is 0 Å². The number of amides is 1. The van der Waals surface area contributed by atoms with Gasteiger partial charge in [-0.05, 0) is 37.3 Å². The Hall–Kier alpha value is -1.35. The van der Waals surface area contributed by atoms with Crippen LogP contribution in [0.25, 0.3) is 0 Å². The summed E-state index contributed by atoms with van der Waals surface area (Å²) in [6.07, 6.45) is 7.65. The van der Waals surface area contributed by atoms with Crippen molar-refractivity contribution in [3.8, 4) is 0 Å². The van der Waals surface area contributed by atoms with E-state index in [4.69, 9.17) is 4.74 Å². The number of methoxy groups -OCH3 is 1. The second kappa shape index (κ2) is 8.05. The molecule has 0 unspecified atom stereocenters. The van der Waals surface area contributed by atoms with Gasteiger partial charge in [0.25, 0.3) is 0 Å². The second-order valence-corrected chi connectivity index (χ2v) is 5.58. The number of ether oxygens (including phenoxy) is 1. The quantitative estimate of drug-likeness (QED) is 0.802. The third kappa shape index (κ3) is 4.34. The molecule has 0 aliphatic heterocycles. The second-order valence-electron chi connectivity index (χ2n) is 5.58. The molecule has 0 aromatic heterocycles. The summed E-state index contributed by atoms with van der Waals surface area (Å²) in [7, 11) is 1.72. The van der Waals surface area contributed by atoms with E-state index >= 15 is 0 Å². The van der Waals surface area contributed by atoms with E-state index in [2.05, 4.69) is 11.4 Å². The lowest BCUT2D eigenvalue weighted by Crippen LogP contribution is -2.25. The number of carbonyl (C=O) groups excluding carboxylic acids is 1. The van der Waals surface area contributed by atoms with Crippen molar-refractivity contribution in [1.29, 1.82) is 0 Å². The smallest absolute Gasteiger partial charge is 0.227 e. The monoisotopic (exact) mass is 275 g/mol. The molecule has 1 N–H and O–H groups in total. The molecule has 1 aliphatic rings. The van der Waals surface area contributed by atoms with E-state index in [9.17, 15) is 4.79 Å². The number of anilines is 1. The van der Waals surface area contributed by atoms with Crippen LogP contribution in [0.15, 0.2) is 24.3 Å². The molecule has 0 radical (unpaired) electrons. The fraction of sp³-hybridized carbons (Fsp3) is 0.588. The predicted octanol–water partition coefficient (Wildman–Crippen LogP) is 3.78. The molecule has 2 rings (SSSR count). The van der Waals surface area contributed by atoms with E-state index in [1.54, 1.807) is 7.11 Å². The highest BCUT2D eigenvalue weighted by Crippen LogP contribution is 2.26. The highest BCUT2D eigenvalue weighted by Gasteiger charge is 2.21. The van der Waals surface area contributed by atoms with E-state index in [1.807, 2.05) is 18.2 Å². The van der Waals surface area contributed by atoms with E-state index in [-0.39, 0.29) is 11.8 Å². The minimum absolute atomic E-state index is 0.198. The Morgan fingerprint density at radius 2 is 2.00 bits per heavy atom. The lowest BCUT2D eigenvalue weighted by atomic mass is 9.88. The number of rotatable bonds is 6. The number of hydrogen-bond donors (Lipinski definition) is 1. The summed E-state index contributed by atoms with van der Waals surface area (Å²) in [5, 5.41) is 3.13. The number of aryl methyl sites for hydroxylation is 1. The predicted molar refractivity (Wildman–Crippen MR) is 81.8 cm³/mol. The zero-order valence-corrected chi connectivity index (χ0v) is 12.4. The maximum Gasteiger partial charge on any atom is 0.227 e. The fourth-order valence-corrected chi connectivity index (χ4v) is 2.87. The van der Waals surface area contributed by atoms with Crippen LogP contribution in [0.3, 0.4) is 0 Å². The molecule has 0 atom stereocenters. The molecule has 0 heterocycles. The highest BCUT2D eigenvalue weighted by molar-refractivity contribution is 5.93. The van der Waals surface area contributed by atoms with Crippen LogP contribution >= 0.6 is 0 Å². The van der Waals surface area contributed by atoms with Crippen LogP contribution in [0.4, 0.5) is 5.69 Å². The van der Waals surface area contributed by atoms with Gasteiger partial charge in [0, 0.05) is 25.3 Å². The van der Waals surface area contributed by atoms with Gasteiger partial charge in [-0.25, -0.2) is 0 Å². The normalized spacial score (nSPS) is 16.1. The van der Waals surface area contributed by atoms with Crippen molar-refractivity contribution < 1.29 is 9.53 Å². The molecule has 3 nitrogen and oxygen atoms in total. The summed E-state index contributed by atoms with van der Waals surface area (Å²) in [6.45, 7) is 0.755. The Morgan fingerprint density at radius 3 is 2.75 bits per heavy atom. The Morgan fingerprint density at radius 1 is 1.25 bits per heavy atom. The first-order valence-electron chi connectivity index (χ1n) is 7.69. The highest BCUT2D eigenvalue weighted by atomic mass is 16.5. The summed E-state index contributed by atoms with van der Waals surface area (Å²) in [5.74, 6) is 0.402. The first kappa shape index (κ1) is 15.0. The average molecular weight is 275 g/mol. The van der Waals surface area contributed by atoms with Crippen LogP contribution in [0, 0.1) is 5.92 Å². The van der Waals surface area contributed by atoms with Crippen molar-refractivity contribution in [2.45, 2.75) is 44.9 Å². The first-order chi connectivity index (χ1) is 9.81. The standard InChI is InChI=1S/C17H25NO2/c1-20-13-7-11-14-8-5-6-12-16(14)18-17(19)15-9-3-2-4-10-15/h5-6,8,12,15H,2-4,7,9-11,13H2,1H3,(H,18,19). The molecule has 0 saturated heterocycles. The minimum atomic E-state index is 0.198. The van der Waals surface area contributed by atoms with Gasteiger partial charge >= 0.3 is 0 Å². The van der Waals surface area contributed by atoms with E-state index in [0.717, 1.165) is 38.0 Å². The van der Waals surface area contributed by atoms with Crippen molar-refractivity contribution in [2.75, 3.05) is 19.0 Å². The Bertz CT molecular complexity index is 425. The maximum atomic E-state index is 12.3. The fourth-order valence-electron chi connectivity index (χ4n) is 2.87. The van der Waals surface area contributed by atoms with Gasteiger partial charge in [0.15, 0.2) is 0 Å². The van der Waals surface area contributed by atoms with E-state index in [1.165, 1.54) is 24.8 Å². The summed E-state index contributed by atoms with van der Waals surface area (Å²) in [5.41, 5.74) is 2.17. The topological polar surface area (TPSA) is 38.3 Å². The number of para-hydroxylation sites is 1. The van der Waals surface area contributed by atoms with Crippen LogP contribution in [0.1, 0.15) is 44.1 Å². The maximum absolute atomic E-state index is 12.3. The molecule has 20 heavy (non-hydrogen) atoms. The van der Waals surface area contributed by atoms with Gasteiger partial charge in [-0.1, -0.05) is 37.5 Å².